The second-order valence-corrected chi connectivity index (χ2v) is 7.34. The van der Waals surface area contributed by atoms with E-state index in [1.54, 1.807) is 4.90 Å². The second kappa shape index (κ2) is 8.25. The van der Waals surface area contributed by atoms with E-state index in [0.29, 0.717) is 25.1 Å². The van der Waals surface area contributed by atoms with Crippen LogP contribution in [-0.2, 0) is 17.9 Å². The van der Waals surface area contributed by atoms with Crippen molar-refractivity contribution in [3.63, 3.8) is 0 Å². The van der Waals surface area contributed by atoms with Crippen molar-refractivity contribution in [3.8, 4) is 0 Å². The Hall–Kier alpha value is -2.82. The molecule has 0 aromatic heterocycles. The van der Waals surface area contributed by atoms with Crippen molar-refractivity contribution in [2.45, 2.75) is 25.9 Å². The molecule has 0 N–H and O–H groups in total. The molecule has 142 valence electrons. The number of nitrogens with zero attached hydrogens (tertiary/aromatic N) is 3. The average Bonchev–Trinajstić information content (AvgIpc) is 3.06. The zero-order chi connectivity index (χ0) is 19.4. The van der Waals surface area contributed by atoms with E-state index in [1.807, 2.05) is 50.3 Å². The maximum Gasteiger partial charge on any atom is 0.253 e. The highest BCUT2D eigenvalue weighted by Gasteiger charge is 2.20. The second-order valence-electron chi connectivity index (χ2n) is 7.34. The number of anilines is 1. The summed E-state index contributed by atoms with van der Waals surface area (Å²) in [6.07, 6.45) is 1.56. The molecule has 0 unspecified atom stereocenters. The lowest BCUT2D eigenvalue weighted by molar-refractivity contribution is -0.128. The third-order valence-electron chi connectivity index (χ3n) is 4.94. The van der Waals surface area contributed by atoms with Gasteiger partial charge < -0.3 is 14.7 Å². The topological polar surface area (TPSA) is 43.9 Å². The third kappa shape index (κ3) is 4.67. The molecule has 27 heavy (non-hydrogen) atoms. The van der Waals surface area contributed by atoms with Crippen molar-refractivity contribution < 1.29 is 9.59 Å². The van der Waals surface area contributed by atoms with Crippen LogP contribution in [0.3, 0.4) is 0 Å². The van der Waals surface area contributed by atoms with Gasteiger partial charge >= 0.3 is 0 Å². The summed E-state index contributed by atoms with van der Waals surface area (Å²) < 4.78 is 0. The summed E-state index contributed by atoms with van der Waals surface area (Å²) in [5, 5.41) is 0. The maximum absolute atomic E-state index is 12.8. The van der Waals surface area contributed by atoms with E-state index in [9.17, 15) is 9.59 Å². The molecule has 1 aliphatic rings. The normalized spacial score (nSPS) is 13.7. The Morgan fingerprint density at radius 2 is 1.78 bits per heavy atom. The fraction of sp³-hybridized carbons (Fsp3) is 0.364. The van der Waals surface area contributed by atoms with Crippen molar-refractivity contribution in [2.24, 2.45) is 0 Å². The van der Waals surface area contributed by atoms with Gasteiger partial charge in [-0.1, -0.05) is 24.3 Å². The predicted molar refractivity (Wildman–Crippen MR) is 108 cm³/mol. The van der Waals surface area contributed by atoms with Crippen LogP contribution in [0.15, 0.2) is 48.5 Å². The lowest BCUT2D eigenvalue weighted by atomic mass is 10.1. The van der Waals surface area contributed by atoms with Crippen molar-refractivity contribution in [2.75, 3.05) is 32.6 Å². The number of carbonyl (C=O) groups is 2. The molecule has 1 heterocycles. The summed E-state index contributed by atoms with van der Waals surface area (Å²) in [5.74, 6) is 0.186. The van der Waals surface area contributed by atoms with Gasteiger partial charge in [0.15, 0.2) is 0 Å². The van der Waals surface area contributed by atoms with Crippen LogP contribution in [0.2, 0.25) is 0 Å². The molecule has 1 fully saturated rings. The van der Waals surface area contributed by atoms with Crippen LogP contribution >= 0.6 is 0 Å². The smallest absolute Gasteiger partial charge is 0.253 e. The molecule has 0 radical (unpaired) electrons. The fourth-order valence-electron chi connectivity index (χ4n) is 3.36. The number of hydrogen-bond donors (Lipinski definition) is 0. The standard InChI is InChI=1S/C22H27N3O2/c1-23(2)20-11-9-17(10-12-20)15-24(3)22(27)19-7-4-6-18(14-19)16-25-13-5-8-21(25)26/h4,6-7,9-12,14H,5,8,13,15-16H2,1-3H3. The first-order valence-electron chi connectivity index (χ1n) is 9.32. The van der Waals surface area contributed by atoms with E-state index in [1.165, 1.54) is 0 Å². The molecule has 0 aliphatic carbocycles. The first-order chi connectivity index (χ1) is 12.9. The minimum absolute atomic E-state index is 0.0127. The summed E-state index contributed by atoms with van der Waals surface area (Å²) in [4.78, 5) is 30.3. The van der Waals surface area contributed by atoms with Gasteiger partial charge in [0.1, 0.15) is 0 Å². The van der Waals surface area contributed by atoms with Gasteiger partial charge in [-0.3, -0.25) is 9.59 Å². The largest absolute Gasteiger partial charge is 0.378 e. The van der Waals surface area contributed by atoms with Crippen molar-refractivity contribution >= 4 is 17.5 Å². The number of likely N-dealkylation sites (tertiary alicyclic amines) is 1. The van der Waals surface area contributed by atoms with Crippen molar-refractivity contribution in [1.29, 1.82) is 0 Å². The molecule has 3 rings (SSSR count). The van der Waals surface area contributed by atoms with Crippen LogP contribution in [0.25, 0.3) is 0 Å². The first-order valence-corrected chi connectivity index (χ1v) is 9.32. The molecule has 5 heteroatoms. The SMILES string of the molecule is CN(Cc1ccc(N(C)C)cc1)C(=O)c1cccc(CN2CCCC2=O)c1. The van der Waals surface area contributed by atoms with Gasteiger partial charge in [-0.05, 0) is 41.8 Å². The van der Waals surface area contributed by atoms with E-state index in [0.717, 1.165) is 29.8 Å². The van der Waals surface area contributed by atoms with Gasteiger partial charge in [-0.15, -0.1) is 0 Å². The average molecular weight is 365 g/mol. The van der Waals surface area contributed by atoms with Crippen molar-refractivity contribution in [1.82, 2.24) is 9.80 Å². The van der Waals surface area contributed by atoms with Crippen LogP contribution in [0.1, 0.15) is 34.3 Å². The van der Waals surface area contributed by atoms with E-state index < -0.39 is 0 Å². The molecule has 0 saturated carbocycles. The van der Waals surface area contributed by atoms with Crippen LogP contribution in [-0.4, -0.2) is 49.3 Å². The summed E-state index contributed by atoms with van der Waals surface area (Å²) >= 11 is 0. The number of rotatable bonds is 6. The quantitative estimate of drug-likeness (QED) is 0.790. The Balaban J connectivity index is 1.65. The third-order valence-corrected chi connectivity index (χ3v) is 4.94. The zero-order valence-corrected chi connectivity index (χ0v) is 16.3. The van der Waals surface area contributed by atoms with Gasteiger partial charge in [0.05, 0.1) is 0 Å². The molecule has 2 aromatic rings. The zero-order valence-electron chi connectivity index (χ0n) is 16.3. The minimum atomic E-state index is -0.0127. The van der Waals surface area contributed by atoms with E-state index in [-0.39, 0.29) is 11.8 Å². The van der Waals surface area contributed by atoms with Gasteiger partial charge in [0.25, 0.3) is 5.91 Å². The van der Waals surface area contributed by atoms with E-state index in [2.05, 4.69) is 29.2 Å². The van der Waals surface area contributed by atoms with Crippen LogP contribution in [0, 0.1) is 0 Å². The predicted octanol–water partition coefficient (Wildman–Crippen LogP) is 3.15. The number of hydrogen-bond acceptors (Lipinski definition) is 3. The van der Waals surface area contributed by atoms with E-state index in [4.69, 9.17) is 0 Å². The van der Waals surface area contributed by atoms with Gasteiger partial charge in [0, 0.05) is 58.4 Å². The highest BCUT2D eigenvalue weighted by molar-refractivity contribution is 5.94. The fourth-order valence-corrected chi connectivity index (χ4v) is 3.36. The molecule has 2 amide bonds. The van der Waals surface area contributed by atoms with Gasteiger partial charge in [-0.2, -0.15) is 0 Å². The Morgan fingerprint density at radius 3 is 2.41 bits per heavy atom. The number of carbonyl (C=O) groups excluding carboxylic acids is 2. The van der Waals surface area contributed by atoms with Crippen molar-refractivity contribution in [3.05, 3.63) is 65.2 Å². The Bertz CT molecular complexity index is 815. The highest BCUT2D eigenvalue weighted by atomic mass is 16.2. The molecule has 2 aromatic carbocycles. The van der Waals surface area contributed by atoms with Gasteiger partial charge in [0.2, 0.25) is 5.91 Å². The summed E-state index contributed by atoms with van der Waals surface area (Å²) in [5.41, 5.74) is 3.89. The minimum Gasteiger partial charge on any atom is -0.378 e. The number of benzene rings is 2. The molecule has 0 atom stereocenters. The summed E-state index contributed by atoms with van der Waals surface area (Å²) in [6.45, 7) is 1.94. The maximum atomic E-state index is 12.8. The monoisotopic (exact) mass is 365 g/mol. The van der Waals surface area contributed by atoms with Crippen LogP contribution in [0.5, 0.6) is 0 Å². The Morgan fingerprint density at radius 1 is 1.04 bits per heavy atom. The van der Waals surface area contributed by atoms with Gasteiger partial charge in [-0.25, -0.2) is 0 Å². The Labute approximate surface area is 161 Å². The molecule has 0 spiro atoms. The van der Waals surface area contributed by atoms with E-state index >= 15 is 0 Å². The molecule has 1 aliphatic heterocycles. The highest BCUT2D eigenvalue weighted by Crippen LogP contribution is 2.17. The molecule has 0 bridgehead atoms. The lowest BCUT2D eigenvalue weighted by Crippen LogP contribution is -2.27. The number of amides is 2. The molecular weight excluding hydrogens is 338 g/mol. The lowest BCUT2D eigenvalue weighted by Gasteiger charge is -2.20. The Kier molecular flexibility index (Phi) is 5.79. The van der Waals surface area contributed by atoms with Crippen LogP contribution in [0.4, 0.5) is 5.69 Å². The molecule has 1 saturated heterocycles. The summed E-state index contributed by atoms with van der Waals surface area (Å²) in [7, 11) is 5.83. The van der Waals surface area contributed by atoms with Crippen LogP contribution < -0.4 is 4.90 Å². The molecular formula is C22H27N3O2. The first kappa shape index (κ1) is 19.0. The summed E-state index contributed by atoms with van der Waals surface area (Å²) in [6, 6.07) is 15.8. The molecule has 5 nitrogen and oxygen atoms in total.